The Hall–Kier alpha value is -1.22. The van der Waals surface area contributed by atoms with Gasteiger partial charge in [0.05, 0.1) is 0 Å². The number of nitrogens with one attached hydrogen (secondary N) is 1. The summed E-state index contributed by atoms with van der Waals surface area (Å²) in [5.74, 6) is 0.00248. The van der Waals surface area contributed by atoms with Crippen molar-refractivity contribution in [2.75, 3.05) is 6.54 Å². The minimum atomic E-state index is -0.271. The summed E-state index contributed by atoms with van der Waals surface area (Å²) in [5.41, 5.74) is 0.522. The maximum absolute atomic E-state index is 13.5. The number of ketones is 1. The van der Waals surface area contributed by atoms with Gasteiger partial charge in [-0.25, -0.2) is 4.39 Å². The molecule has 0 aliphatic carbocycles. The molecule has 1 N–H and O–H groups in total. The molecule has 0 spiro atoms. The Bertz CT molecular complexity index is 419. The van der Waals surface area contributed by atoms with E-state index in [1.807, 2.05) is 0 Å². The Morgan fingerprint density at radius 2 is 2.22 bits per heavy atom. The number of halogens is 1. The van der Waals surface area contributed by atoms with Crippen LogP contribution in [0, 0.1) is 11.7 Å². The van der Waals surface area contributed by atoms with Gasteiger partial charge in [-0.3, -0.25) is 4.79 Å². The molecule has 2 atom stereocenters. The highest BCUT2D eigenvalue weighted by Gasteiger charge is 2.26. The standard InChI is InChI=1S/C15H20FNO/c1-2-13-9-12(7-8-17-13)15(18)10-11-5-3-4-6-14(11)16/h3-6,12-13,17H,2,7-10H2,1H3. The zero-order valence-electron chi connectivity index (χ0n) is 10.8. The van der Waals surface area contributed by atoms with Gasteiger partial charge in [-0.1, -0.05) is 25.1 Å². The van der Waals surface area contributed by atoms with Crippen LogP contribution in [0.1, 0.15) is 31.7 Å². The Balaban J connectivity index is 1.97. The number of carbonyl (C=O) groups excluding carboxylic acids is 1. The number of hydrogen-bond donors (Lipinski definition) is 1. The van der Waals surface area contributed by atoms with Gasteiger partial charge in [-0.15, -0.1) is 0 Å². The largest absolute Gasteiger partial charge is 0.314 e. The van der Waals surface area contributed by atoms with E-state index >= 15 is 0 Å². The summed E-state index contributed by atoms with van der Waals surface area (Å²) in [6, 6.07) is 6.99. The van der Waals surface area contributed by atoms with E-state index in [-0.39, 0.29) is 23.9 Å². The molecule has 1 aromatic rings. The molecule has 3 heteroatoms. The van der Waals surface area contributed by atoms with Crippen LogP contribution in [0.4, 0.5) is 4.39 Å². The zero-order chi connectivity index (χ0) is 13.0. The van der Waals surface area contributed by atoms with Crippen LogP contribution in [-0.2, 0) is 11.2 Å². The lowest BCUT2D eigenvalue weighted by Gasteiger charge is -2.28. The number of Topliss-reactive ketones (excluding diaryl/α,β-unsaturated/α-hetero) is 1. The van der Waals surface area contributed by atoms with Gasteiger partial charge in [-0.05, 0) is 37.4 Å². The normalized spacial score (nSPS) is 23.9. The van der Waals surface area contributed by atoms with E-state index in [0.29, 0.717) is 11.6 Å². The smallest absolute Gasteiger partial charge is 0.140 e. The molecule has 2 unspecified atom stereocenters. The number of benzene rings is 1. The third kappa shape index (κ3) is 3.16. The molecule has 1 aliphatic heterocycles. The molecular formula is C15H20FNO. The van der Waals surface area contributed by atoms with E-state index in [1.54, 1.807) is 18.2 Å². The van der Waals surface area contributed by atoms with Gasteiger partial charge in [0.1, 0.15) is 11.6 Å². The van der Waals surface area contributed by atoms with E-state index < -0.39 is 0 Å². The number of rotatable bonds is 4. The highest BCUT2D eigenvalue weighted by Crippen LogP contribution is 2.21. The first-order chi connectivity index (χ1) is 8.70. The van der Waals surface area contributed by atoms with Gasteiger partial charge in [-0.2, -0.15) is 0 Å². The topological polar surface area (TPSA) is 29.1 Å². The Labute approximate surface area is 108 Å². The van der Waals surface area contributed by atoms with E-state index in [1.165, 1.54) is 6.07 Å². The van der Waals surface area contributed by atoms with Crippen LogP contribution in [0.15, 0.2) is 24.3 Å². The Kier molecular flexibility index (Phi) is 4.48. The average molecular weight is 249 g/mol. The summed E-state index contributed by atoms with van der Waals surface area (Å²) >= 11 is 0. The van der Waals surface area contributed by atoms with Crippen molar-refractivity contribution in [2.45, 2.75) is 38.6 Å². The average Bonchev–Trinajstić information content (AvgIpc) is 2.41. The first-order valence-corrected chi connectivity index (χ1v) is 6.70. The lowest BCUT2D eigenvalue weighted by molar-refractivity contribution is -0.123. The molecule has 1 aromatic carbocycles. The predicted octanol–water partition coefficient (Wildman–Crippen LogP) is 2.72. The molecule has 1 fully saturated rings. The van der Waals surface area contributed by atoms with Crippen LogP contribution in [0.2, 0.25) is 0 Å². The molecule has 0 saturated carbocycles. The van der Waals surface area contributed by atoms with Crippen molar-refractivity contribution < 1.29 is 9.18 Å². The molecule has 0 bridgehead atoms. The van der Waals surface area contributed by atoms with Crippen molar-refractivity contribution in [3.05, 3.63) is 35.6 Å². The number of hydrogen-bond acceptors (Lipinski definition) is 2. The van der Waals surface area contributed by atoms with Gasteiger partial charge in [0.15, 0.2) is 0 Å². The van der Waals surface area contributed by atoms with E-state index in [4.69, 9.17) is 0 Å². The third-order valence-electron chi connectivity index (χ3n) is 3.77. The second-order valence-corrected chi connectivity index (χ2v) is 5.02. The van der Waals surface area contributed by atoms with Crippen molar-refractivity contribution in [1.29, 1.82) is 0 Å². The molecule has 2 rings (SSSR count). The molecule has 0 amide bonds. The fourth-order valence-corrected chi connectivity index (χ4v) is 2.58. The molecule has 1 heterocycles. The summed E-state index contributed by atoms with van der Waals surface area (Å²) < 4.78 is 13.5. The van der Waals surface area contributed by atoms with Crippen LogP contribution in [0.5, 0.6) is 0 Å². The quantitative estimate of drug-likeness (QED) is 0.889. The SMILES string of the molecule is CCC1CC(C(=O)Cc2ccccc2F)CCN1. The molecule has 1 aliphatic rings. The summed E-state index contributed by atoms with van der Waals surface area (Å²) in [4.78, 5) is 12.2. The first kappa shape index (κ1) is 13.2. The monoisotopic (exact) mass is 249 g/mol. The van der Waals surface area contributed by atoms with Crippen LogP contribution in [0.3, 0.4) is 0 Å². The third-order valence-corrected chi connectivity index (χ3v) is 3.77. The van der Waals surface area contributed by atoms with Crippen molar-refractivity contribution in [2.24, 2.45) is 5.92 Å². The van der Waals surface area contributed by atoms with Gasteiger partial charge >= 0.3 is 0 Å². The molecule has 1 saturated heterocycles. The number of carbonyl (C=O) groups is 1. The van der Waals surface area contributed by atoms with Crippen molar-refractivity contribution in [3.8, 4) is 0 Å². The Morgan fingerprint density at radius 3 is 2.94 bits per heavy atom. The van der Waals surface area contributed by atoms with E-state index in [9.17, 15) is 9.18 Å². The highest BCUT2D eigenvalue weighted by atomic mass is 19.1. The van der Waals surface area contributed by atoms with Crippen LogP contribution in [-0.4, -0.2) is 18.4 Å². The maximum Gasteiger partial charge on any atom is 0.140 e. The minimum absolute atomic E-state index is 0.0933. The van der Waals surface area contributed by atoms with Crippen molar-refractivity contribution in [3.63, 3.8) is 0 Å². The van der Waals surface area contributed by atoms with Gasteiger partial charge in [0, 0.05) is 18.4 Å². The molecular weight excluding hydrogens is 229 g/mol. The zero-order valence-corrected chi connectivity index (χ0v) is 10.8. The van der Waals surface area contributed by atoms with Gasteiger partial charge in [0.25, 0.3) is 0 Å². The minimum Gasteiger partial charge on any atom is -0.314 e. The summed E-state index contributed by atoms with van der Waals surface area (Å²) in [6.45, 7) is 3.02. The van der Waals surface area contributed by atoms with Gasteiger partial charge in [0.2, 0.25) is 0 Å². The fourth-order valence-electron chi connectivity index (χ4n) is 2.58. The second kappa shape index (κ2) is 6.10. The van der Waals surface area contributed by atoms with Crippen molar-refractivity contribution in [1.82, 2.24) is 5.32 Å². The second-order valence-electron chi connectivity index (χ2n) is 5.02. The van der Waals surface area contributed by atoms with Gasteiger partial charge < -0.3 is 5.32 Å². The highest BCUT2D eigenvalue weighted by molar-refractivity contribution is 5.83. The fraction of sp³-hybridized carbons (Fsp3) is 0.533. The molecule has 0 aromatic heterocycles. The van der Waals surface area contributed by atoms with Crippen LogP contribution in [0.25, 0.3) is 0 Å². The van der Waals surface area contributed by atoms with Crippen LogP contribution >= 0.6 is 0 Å². The van der Waals surface area contributed by atoms with Crippen molar-refractivity contribution >= 4 is 5.78 Å². The summed E-state index contributed by atoms with van der Waals surface area (Å²) in [6.07, 6.45) is 3.05. The van der Waals surface area contributed by atoms with Crippen LogP contribution < -0.4 is 5.32 Å². The lowest BCUT2D eigenvalue weighted by Crippen LogP contribution is -2.40. The van der Waals surface area contributed by atoms with E-state index in [2.05, 4.69) is 12.2 Å². The summed E-state index contributed by atoms with van der Waals surface area (Å²) in [5, 5.41) is 3.40. The molecule has 2 nitrogen and oxygen atoms in total. The lowest BCUT2D eigenvalue weighted by atomic mass is 9.85. The molecule has 18 heavy (non-hydrogen) atoms. The van der Waals surface area contributed by atoms with E-state index in [0.717, 1.165) is 25.8 Å². The molecule has 98 valence electrons. The number of piperidine rings is 1. The Morgan fingerprint density at radius 1 is 1.44 bits per heavy atom. The predicted molar refractivity (Wildman–Crippen MR) is 69.9 cm³/mol. The summed E-state index contributed by atoms with van der Waals surface area (Å²) in [7, 11) is 0. The molecule has 0 radical (unpaired) electrons. The maximum atomic E-state index is 13.5. The first-order valence-electron chi connectivity index (χ1n) is 6.70.